The molecule has 2 aromatic rings. The monoisotopic (exact) mass is 198 g/mol. The fraction of sp³-hybridized carbons (Fsp3) is 0.167. The zero-order valence-electron chi connectivity index (χ0n) is 8.18. The maximum absolute atomic E-state index is 9.95. The lowest BCUT2D eigenvalue weighted by Gasteiger charge is -2.02. The van der Waals surface area contributed by atoms with E-state index in [4.69, 9.17) is 0 Å². The van der Waals surface area contributed by atoms with Crippen molar-refractivity contribution in [3.8, 4) is 0 Å². The lowest BCUT2D eigenvalue weighted by Crippen LogP contribution is -1.92. The van der Waals surface area contributed by atoms with Crippen molar-refractivity contribution in [1.29, 1.82) is 0 Å². The fourth-order valence-corrected chi connectivity index (χ4v) is 1.60. The maximum atomic E-state index is 9.95. The average molecular weight is 198 g/mol. The molecule has 0 atom stereocenters. The van der Waals surface area contributed by atoms with Gasteiger partial charge in [0.05, 0.1) is 12.1 Å². The largest absolute Gasteiger partial charge is 0.256 e. The summed E-state index contributed by atoms with van der Waals surface area (Å²) in [6, 6.07) is 9.91. The maximum Gasteiger partial charge on any atom is 0.234 e. The second-order valence-corrected chi connectivity index (χ2v) is 3.21. The van der Waals surface area contributed by atoms with Crippen LogP contribution in [0.5, 0.6) is 0 Å². The number of rotatable bonds is 3. The second kappa shape index (κ2) is 4.49. The van der Waals surface area contributed by atoms with E-state index in [1.165, 1.54) is 5.56 Å². The molecule has 0 radical (unpaired) electrons. The van der Waals surface area contributed by atoms with Crippen LogP contribution < -0.4 is 0 Å². The van der Waals surface area contributed by atoms with Gasteiger partial charge in [0.15, 0.2) is 0 Å². The SMILES string of the molecule is O=C=NCCc1ccnc2ccccc12. The van der Waals surface area contributed by atoms with Crippen molar-refractivity contribution >= 4 is 17.0 Å². The standard InChI is InChI=1S/C12H10N2O/c15-9-13-7-5-10-6-8-14-12-4-2-1-3-11(10)12/h1-4,6,8H,5,7H2. The van der Waals surface area contributed by atoms with Crippen molar-refractivity contribution in [2.75, 3.05) is 6.54 Å². The third kappa shape index (κ3) is 2.09. The van der Waals surface area contributed by atoms with Crippen molar-refractivity contribution in [2.24, 2.45) is 4.99 Å². The van der Waals surface area contributed by atoms with Crippen LogP contribution in [0.2, 0.25) is 0 Å². The number of nitrogens with zero attached hydrogens (tertiary/aromatic N) is 2. The number of carbonyl (C=O) groups excluding carboxylic acids is 1. The van der Waals surface area contributed by atoms with E-state index in [-0.39, 0.29) is 0 Å². The van der Waals surface area contributed by atoms with E-state index in [1.807, 2.05) is 30.3 Å². The summed E-state index contributed by atoms with van der Waals surface area (Å²) >= 11 is 0. The first-order valence-electron chi connectivity index (χ1n) is 4.78. The number of aromatic nitrogens is 1. The van der Waals surface area contributed by atoms with E-state index in [0.29, 0.717) is 6.54 Å². The molecule has 74 valence electrons. The summed E-state index contributed by atoms with van der Waals surface area (Å²) < 4.78 is 0. The van der Waals surface area contributed by atoms with Crippen LogP contribution in [0.25, 0.3) is 10.9 Å². The van der Waals surface area contributed by atoms with Gasteiger partial charge < -0.3 is 0 Å². The number of para-hydroxylation sites is 1. The van der Waals surface area contributed by atoms with Crippen molar-refractivity contribution < 1.29 is 4.79 Å². The molecule has 0 aliphatic carbocycles. The predicted molar refractivity (Wildman–Crippen MR) is 58.4 cm³/mol. The number of fused-ring (bicyclic) bond motifs is 1. The van der Waals surface area contributed by atoms with E-state index >= 15 is 0 Å². The lowest BCUT2D eigenvalue weighted by atomic mass is 10.1. The van der Waals surface area contributed by atoms with Gasteiger partial charge in [0, 0.05) is 11.6 Å². The van der Waals surface area contributed by atoms with E-state index in [2.05, 4.69) is 9.98 Å². The molecule has 1 heterocycles. The minimum Gasteiger partial charge on any atom is -0.256 e. The van der Waals surface area contributed by atoms with Gasteiger partial charge in [-0.1, -0.05) is 18.2 Å². The van der Waals surface area contributed by atoms with Gasteiger partial charge in [-0.3, -0.25) is 4.98 Å². The summed E-state index contributed by atoms with van der Waals surface area (Å²) in [5, 5.41) is 1.13. The third-order valence-electron chi connectivity index (χ3n) is 2.30. The molecular weight excluding hydrogens is 188 g/mol. The molecule has 0 aliphatic rings. The highest BCUT2D eigenvalue weighted by atomic mass is 16.1. The highest BCUT2D eigenvalue weighted by molar-refractivity contribution is 5.81. The Kier molecular flexibility index (Phi) is 2.86. The number of benzene rings is 1. The molecule has 0 saturated carbocycles. The fourth-order valence-electron chi connectivity index (χ4n) is 1.60. The smallest absolute Gasteiger partial charge is 0.234 e. The van der Waals surface area contributed by atoms with Crippen molar-refractivity contribution in [1.82, 2.24) is 4.98 Å². The Hall–Kier alpha value is -1.99. The number of hydrogen-bond acceptors (Lipinski definition) is 3. The van der Waals surface area contributed by atoms with Gasteiger partial charge in [-0.2, -0.15) is 0 Å². The van der Waals surface area contributed by atoms with Crippen LogP contribution >= 0.6 is 0 Å². The van der Waals surface area contributed by atoms with E-state index in [9.17, 15) is 4.79 Å². The van der Waals surface area contributed by atoms with Gasteiger partial charge in [0.1, 0.15) is 0 Å². The van der Waals surface area contributed by atoms with Crippen LogP contribution in [0.4, 0.5) is 0 Å². The Balaban J connectivity index is 2.37. The summed E-state index contributed by atoms with van der Waals surface area (Å²) in [5.74, 6) is 0. The van der Waals surface area contributed by atoms with Gasteiger partial charge in [-0.15, -0.1) is 0 Å². The topological polar surface area (TPSA) is 42.3 Å². The molecule has 2 rings (SSSR count). The lowest BCUT2D eigenvalue weighted by molar-refractivity contribution is 0.563. The average Bonchev–Trinajstić information content (AvgIpc) is 2.30. The highest BCUT2D eigenvalue weighted by Crippen LogP contribution is 2.16. The molecule has 3 nitrogen and oxygen atoms in total. The molecule has 15 heavy (non-hydrogen) atoms. The van der Waals surface area contributed by atoms with Crippen molar-refractivity contribution in [3.05, 3.63) is 42.1 Å². The first-order valence-corrected chi connectivity index (χ1v) is 4.78. The van der Waals surface area contributed by atoms with Crippen molar-refractivity contribution in [3.63, 3.8) is 0 Å². The molecular formula is C12H10N2O. The van der Waals surface area contributed by atoms with Gasteiger partial charge in [0.2, 0.25) is 6.08 Å². The summed E-state index contributed by atoms with van der Waals surface area (Å²) in [6.45, 7) is 0.484. The molecule has 0 spiro atoms. The number of isocyanates is 1. The first kappa shape index (κ1) is 9.56. The van der Waals surface area contributed by atoms with Crippen molar-refractivity contribution in [2.45, 2.75) is 6.42 Å². The van der Waals surface area contributed by atoms with E-state index in [1.54, 1.807) is 12.3 Å². The molecule has 1 aromatic carbocycles. The predicted octanol–water partition coefficient (Wildman–Crippen LogP) is 2.11. The van der Waals surface area contributed by atoms with E-state index < -0.39 is 0 Å². The minimum atomic E-state index is 0.484. The molecule has 0 saturated heterocycles. The summed E-state index contributed by atoms with van der Waals surface area (Å²) in [5.41, 5.74) is 2.14. The van der Waals surface area contributed by atoms with Gasteiger partial charge in [-0.05, 0) is 24.1 Å². The van der Waals surface area contributed by atoms with Gasteiger partial charge in [0.25, 0.3) is 0 Å². The summed E-state index contributed by atoms with van der Waals surface area (Å²) in [6.07, 6.45) is 4.07. The number of pyridine rings is 1. The Morgan fingerprint density at radius 2 is 2.13 bits per heavy atom. The van der Waals surface area contributed by atoms with E-state index in [0.717, 1.165) is 17.3 Å². The second-order valence-electron chi connectivity index (χ2n) is 3.21. The van der Waals surface area contributed by atoms with Crippen LogP contribution in [0, 0.1) is 0 Å². The molecule has 3 heteroatoms. The molecule has 0 amide bonds. The third-order valence-corrected chi connectivity index (χ3v) is 2.30. The van der Waals surface area contributed by atoms with Crippen LogP contribution in [0.1, 0.15) is 5.56 Å². The normalized spacial score (nSPS) is 9.87. The molecule has 0 aliphatic heterocycles. The first-order chi connectivity index (χ1) is 7.42. The quantitative estimate of drug-likeness (QED) is 0.560. The molecule has 0 unspecified atom stereocenters. The molecule has 0 fully saturated rings. The van der Waals surface area contributed by atoms with Crippen LogP contribution in [-0.2, 0) is 11.2 Å². The summed E-state index contributed by atoms with van der Waals surface area (Å²) in [4.78, 5) is 17.8. The van der Waals surface area contributed by atoms with Crippen LogP contribution in [0.3, 0.4) is 0 Å². The highest BCUT2D eigenvalue weighted by Gasteiger charge is 1.99. The van der Waals surface area contributed by atoms with Gasteiger partial charge >= 0.3 is 0 Å². The molecule has 1 aromatic heterocycles. The minimum absolute atomic E-state index is 0.484. The zero-order valence-corrected chi connectivity index (χ0v) is 8.18. The van der Waals surface area contributed by atoms with Crippen LogP contribution in [-0.4, -0.2) is 17.6 Å². The van der Waals surface area contributed by atoms with Crippen LogP contribution in [0.15, 0.2) is 41.5 Å². The number of hydrogen-bond donors (Lipinski definition) is 0. The summed E-state index contributed by atoms with van der Waals surface area (Å²) in [7, 11) is 0. The Labute approximate surface area is 87.5 Å². The Bertz CT molecular complexity index is 511. The molecule has 0 bridgehead atoms. The zero-order chi connectivity index (χ0) is 10.5. The van der Waals surface area contributed by atoms with Gasteiger partial charge in [-0.25, -0.2) is 9.79 Å². The Morgan fingerprint density at radius 3 is 3.00 bits per heavy atom. The Morgan fingerprint density at radius 1 is 1.27 bits per heavy atom. The number of aliphatic imine (C=N–C) groups is 1. The molecule has 0 N–H and O–H groups in total.